The van der Waals surface area contributed by atoms with Gasteiger partial charge < -0.3 is 15.2 Å². The van der Waals surface area contributed by atoms with E-state index in [0.717, 1.165) is 31.2 Å². The minimum absolute atomic E-state index is 0.0801. The van der Waals surface area contributed by atoms with E-state index in [2.05, 4.69) is 17.4 Å². The van der Waals surface area contributed by atoms with E-state index in [4.69, 9.17) is 4.74 Å². The molecule has 1 saturated heterocycles. The fourth-order valence-corrected chi connectivity index (χ4v) is 3.78. The quantitative estimate of drug-likeness (QED) is 0.835. The van der Waals surface area contributed by atoms with Crippen molar-refractivity contribution in [3.8, 4) is 0 Å². The molecule has 1 aromatic rings. The van der Waals surface area contributed by atoms with Crippen LogP contribution in [0.15, 0.2) is 18.2 Å². The van der Waals surface area contributed by atoms with Crippen molar-refractivity contribution < 1.29 is 19.4 Å². The van der Waals surface area contributed by atoms with Gasteiger partial charge >= 0.3 is 5.97 Å². The van der Waals surface area contributed by atoms with Crippen molar-refractivity contribution >= 4 is 11.9 Å². The molecule has 0 radical (unpaired) electrons. The summed E-state index contributed by atoms with van der Waals surface area (Å²) < 4.78 is 5.29. The van der Waals surface area contributed by atoms with Crippen LogP contribution in [0.1, 0.15) is 36.0 Å². The Labute approximate surface area is 142 Å². The average molecular weight is 331 g/mol. The SMILES string of the molecule is O=C(Cc1ccc2c(c1)CCC2)NCC(C(=O)O)C1CCOCC1. The summed E-state index contributed by atoms with van der Waals surface area (Å²) in [6.07, 6.45) is 5.22. The molecule has 0 aromatic heterocycles. The molecule has 1 aliphatic heterocycles. The first kappa shape index (κ1) is 17.0. The van der Waals surface area contributed by atoms with Crippen molar-refractivity contribution in [1.29, 1.82) is 0 Å². The van der Waals surface area contributed by atoms with Crippen LogP contribution in [-0.4, -0.2) is 36.7 Å². The van der Waals surface area contributed by atoms with Gasteiger partial charge in [0.1, 0.15) is 0 Å². The molecule has 1 aromatic carbocycles. The zero-order valence-electron chi connectivity index (χ0n) is 13.9. The van der Waals surface area contributed by atoms with E-state index in [1.165, 1.54) is 17.5 Å². The molecule has 1 aliphatic carbocycles. The summed E-state index contributed by atoms with van der Waals surface area (Å²) in [5.74, 6) is -1.39. The fourth-order valence-electron chi connectivity index (χ4n) is 3.78. The number of aliphatic carboxylic acids is 1. The molecule has 0 bridgehead atoms. The highest BCUT2D eigenvalue weighted by Gasteiger charge is 2.30. The summed E-state index contributed by atoms with van der Waals surface area (Å²) in [6, 6.07) is 6.25. The summed E-state index contributed by atoms with van der Waals surface area (Å²) in [5, 5.41) is 12.3. The Morgan fingerprint density at radius 2 is 1.96 bits per heavy atom. The maximum absolute atomic E-state index is 12.2. The predicted molar refractivity (Wildman–Crippen MR) is 89.8 cm³/mol. The standard InChI is InChI=1S/C19H25NO4/c21-18(11-13-4-5-14-2-1-3-16(14)10-13)20-12-17(19(22)23)15-6-8-24-9-7-15/h4-5,10,15,17H,1-3,6-9,11-12H2,(H,20,21)(H,22,23). The van der Waals surface area contributed by atoms with Crippen LogP contribution in [0.25, 0.3) is 0 Å². The number of hydrogen-bond acceptors (Lipinski definition) is 3. The highest BCUT2D eigenvalue weighted by Crippen LogP contribution is 2.24. The van der Waals surface area contributed by atoms with Gasteiger partial charge in [0.25, 0.3) is 0 Å². The number of ether oxygens (including phenoxy) is 1. The molecule has 1 heterocycles. The third kappa shape index (κ3) is 4.15. The van der Waals surface area contributed by atoms with Crippen LogP contribution in [0, 0.1) is 11.8 Å². The summed E-state index contributed by atoms with van der Waals surface area (Å²) in [6.45, 7) is 1.42. The smallest absolute Gasteiger partial charge is 0.308 e. The third-order valence-corrected chi connectivity index (χ3v) is 5.20. The molecule has 2 aliphatic rings. The Balaban J connectivity index is 1.53. The molecule has 1 amide bonds. The Morgan fingerprint density at radius 1 is 1.21 bits per heavy atom. The van der Waals surface area contributed by atoms with E-state index in [1.54, 1.807) is 0 Å². The monoisotopic (exact) mass is 331 g/mol. The number of fused-ring (bicyclic) bond motifs is 1. The highest BCUT2D eigenvalue weighted by molar-refractivity contribution is 5.79. The normalized spacial score (nSPS) is 18.8. The van der Waals surface area contributed by atoms with Crippen LogP contribution in [-0.2, 0) is 33.6 Å². The summed E-state index contributed by atoms with van der Waals surface area (Å²) >= 11 is 0. The summed E-state index contributed by atoms with van der Waals surface area (Å²) in [5.41, 5.74) is 3.75. The average Bonchev–Trinajstić information content (AvgIpc) is 3.03. The first-order valence-electron chi connectivity index (χ1n) is 8.81. The number of carboxylic acids is 1. The number of carboxylic acid groups (broad SMARTS) is 1. The van der Waals surface area contributed by atoms with Gasteiger partial charge in [-0.1, -0.05) is 18.2 Å². The number of carbonyl (C=O) groups excluding carboxylic acids is 1. The van der Waals surface area contributed by atoms with Gasteiger partial charge in [0.15, 0.2) is 0 Å². The minimum Gasteiger partial charge on any atom is -0.481 e. The van der Waals surface area contributed by atoms with Gasteiger partial charge in [-0.15, -0.1) is 0 Å². The van der Waals surface area contributed by atoms with Gasteiger partial charge in [-0.3, -0.25) is 9.59 Å². The number of hydrogen-bond donors (Lipinski definition) is 2. The number of amides is 1. The van der Waals surface area contributed by atoms with E-state index in [1.807, 2.05) is 6.07 Å². The van der Waals surface area contributed by atoms with Crippen LogP contribution in [0.4, 0.5) is 0 Å². The van der Waals surface area contributed by atoms with E-state index in [0.29, 0.717) is 19.6 Å². The topological polar surface area (TPSA) is 75.6 Å². The lowest BCUT2D eigenvalue weighted by molar-refractivity contribution is -0.144. The van der Waals surface area contributed by atoms with Crippen LogP contribution < -0.4 is 5.32 Å². The summed E-state index contributed by atoms with van der Waals surface area (Å²) in [4.78, 5) is 23.7. The van der Waals surface area contributed by atoms with Crippen molar-refractivity contribution in [3.63, 3.8) is 0 Å². The number of aryl methyl sites for hydroxylation is 2. The van der Waals surface area contributed by atoms with Gasteiger partial charge in [0.2, 0.25) is 5.91 Å². The summed E-state index contributed by atoms with van der Waals surface area (Å²) in [7, 11) is 0. The molecular weight excluding hydrogens is 306 g/mol. The molecule has 1 fully saturated rings. The molecule has 5 heteroatoms. The fraction of sp³-hybridized carbons (Fsp3) is 0.579. The number of nitrogens with one attached hydrogen (secondary N) is 1. The van der Waals surface area contributed by atoms with E-state index >= 15 is 0 Å². The Morgan fingerprint density at radius 3 is 2.71 bits per heavy atom. The highest BCUT2D eigenvalue weighted by atomic mass is 16.5. The molecule has 24 heavy (non-hydrogen) atoms. The molecule has 1 atom stereocenters. The van der Waals surface area contributed by atoms with Crippen molar-refractivity contribution in [2.24, 2.45) is 11.8 Å². The molecular formula is C19H25NO4. The molecule has 0 spiro atoms. The van der Waals surface area contributed by atoms with Gasteiger partial charge in [-0.2, -0.15) is 0 Å². The molecule has 3 rings (SSSR count). The molecule has 1 unspecified atom stereocenters. The van der Waals surface area contributed by atoms with Gasteiger partial charge in [0, 0.05) is 19.8 Å². The Bertz CT molecular complexity index is 607. The number of rotatable bonds is 6. The molecule has 2 N–H and O–H groups in total. The lowest BCUT2D eigenvalue weighted by atomic mass is 9.86. The van der Waals surface area contributed by atoms with Gasteiger partial charge in [0.05, 0.1) is 12.3 Å². The van der Waals surface area contributed by atoms with Crippen molar-refractivity contribution in [3.05, 3.63) is 34.9 Å². The first-order valence-corrected chi connectivity index (χ1v) is 8.81. The van der Waals surface area contributed by atoms with E-state index in [-0.39, 0.29) is 18.4 Å². The van der Waals surface area contributed by atoms with Crippen LogP contribution >= 0.6 is 0 Å². The van der Waals surface area contributed by atoms with Crippen molar-refractivity contribution in [2.45, 2.75) is 38.5 Å². The lowest BCUT2D eigenvalue weighted by Crippen LogP contribution is -2.39. The van der Waals surface area contributed by atoms with Gasteiger partial charge in [-0.05, 0) is 54.7 Å². The second-order valence-electron chi connectivity index (χ2n) is 6.83. The minimum atomic E-state index is -0.834. The van der Waals surface area contributed by atoms with Crippen LogP contribution in [0.2, 0.25) is 0 Å². The second-order valence-corrected chi connectivity index (χ2v) is 6.83. The molecule has 5 nitrogen and oxygen atoms in total. The van der Waals surface area contributed by atoms with Gasteiger partial charge in [-0.25, -0.2) is 0 Å². The van der Waals surface area contributed by atoms with E-state index in [9.17, 15) is 14.7 Å². The number of benzene rings is 1. The largest absolute Gasteiger partial charge is 0.481 e. The van der Waals surface area contributed by atoms with Crippen LogP contribution in [0.5, 0.6) is 0 Å². The Hall–Kier alpha value is -1.88. The molecule has 0 saturated carbocycles. The van der Waals surface area contributed by atoms with Crippen molar-refractivity contribution in [1.82, 2.24) is 5.32 Å². The first-order chi connectivity index (χ1) is 11.6. The molecule has 130 valence electrons. The lowest BCUT2D eigenvalue weighted by Gasteiger charge is -2.27. The number of carbonyl (C=O) groups is 2. The third-order valence-electron chi connectivity index (χ3n) is 5.20. The Kier molecular flexibility index (Phi) is 5.51. The zero-order chi connectivity index (χ0) is 16.9. The second kappa shape index (κ2) is 7.79. The maximum atomic E-state index is 12.2. The predicted octanol–water partition coefficient (Wildman–Crippen LogP) is 1.96. The van der Waals surface area contributed by atoms with E-state index < -0.39 is 11.9 Å². The zero-order valence-corrected chi connectivity index (χ0v) is 13.9. The maximum Gasteiger partial charge on any atom is 0.308 e. The van der Waals surface area contributed by atoms with Crippen LogP contribution in [0.3, 0.4) is 0 Å². The van der Waals surface area contributed by atoms with Crippen molar-refractivity contribution in [2.75, 3.05) is 19.8 Å².